The fraction of sp³-hybridized carbons (Fsp3) is 0.417. The molecule has 10 heteroatoms. The van der Waals surface area contributed by atoms with Gasteiger partial charge in [0.1, 0.15) is 23.3 Å². The molecule has 0 saturated carbocycles. The van der Waals surface area contributed by atoms with Gasteiger partial charge in [-0.3, -0.25) is 0 Å². The average Bonchev–Trinajstić information content (AvgIpc) is 3.21. The van der Waals surface area contributed by atoms with Crippen LogP contribution in [-0.2, 0) is 4.74 Å². The highest BCUT2D eigenvalue weighted by Gasteiger charge is 2.50. The van der Waals surface area contributed by atoms with E-state index >= 15 is 0 Å². The van der Waals surface area contributed by atoms with Crippen LogP contribution in [0.4, 0.5) is 26.5 Å². The number of carbonyl (C=O) groups excluding carboxylic acids is 1. The van der Waals surface area contributed by atoms with Crippen LogP contribution in [0.1, 0.15) is 27.2 Å². The van der Waals surface area contributed by atoms with Crippen molar-refractivity contribution < 1.29 is 13.9 Å². The quantitative estimate of drug-likeness (QED) is 0.559. The molecule has 34 heavy (non-hydrogen) atoms. The summed E-state index contributed by atoms with van der Waals surface area (Å²) in [7, 11) is 0. The zero-order valence-corrected chi connectivity index (χ0v) is 20.1. The molecule has 8 nitrogen and oxygen atoms in total. The van der Waals surface area contributed by atoms with Crippen molar-refractivity contribution in [1.82, 2.24) is 19.9 Å². The maximum atomic E-state index is 14.4. The zero-order valence-electron chi connectivity index (χ0n) is 19.3. The highest BCUT2D eigenvalue weighted by Crippen LogP contribution is 2.41. The molecule has 4 heterocycles. The van der Waals surface area contributed by atoms with Gasteiger partial charge in [0.25, 0.3) is 0 Å². The zero-order chi connectivity index (χ0) is 24.1. The van der Waals surface area contributed by atoms with Crippen molar-refractivity contribution in [3.8, 4) is 0 Å². The van der Waals surface area contributed by atoms with E-state index in [4.69, 9.17) is 21.3 Å². The molecule has 2 fully saturated rings. The predicted molar refractivity (Wildman–Crippen MR) is 129 cm³/mol. The Labute approximate surface area is 202 Å². The molecule has 1 N–H and O–H groups in total. The molecule has 0 bridgehead atoms. The third-order valence-corrected chi connectivity index (χ3v) is 6.43. The van der Waals surface area contributed by atoms with Gasteiger partial charge in [-0.25, -0.2) is 24.1 Å². The number of carbonyl (C=O) groups is 1. The van der Waals surface area contributed by atoms with Gasteiger partial charge in [-0.05, 0) is 51.5 Å². The number of hydrogen-bond acceptors (Lipinski definition) is 7. The highest BCUT2D eigenvalue weighted by molar-refractivity contribution is 6.31. The second-order valence-electron chi connectivity index (χ2n) is 9.99. The Balaban J connectivity index is 1.33. The first-order chi connectivity index (χ1) is 16.1. The van der Waals surface area contributed by atoms with Gasteiger partial charge in [-0.15, -0.1) is 0 Å². The number of halogens is 2. The lowest BCUT2D eigenvalue weighted by molar-refractivity contribution is -0.0266. The van der Waals surface area contributed by atoms with Crippen LogP contribution >= 0.6 is 11.6 Å². The second kappa shape index (κ2) is 8.23. The van der Waals surface area contributed by atoms with Crippen molar-refractivity contribution in [2.75, 3.05) is 36.4 Å². The van der Waals surface area contributed by atoms with Crippen LogP contribution in [0.5, 0.6) is 0 Å². The lowest BCUT2D eigenvalue weighted by Gasteiger charge is -2.47. The van der Waals surface area contributed by atoms with Gasteiger partial charge in [0.15, 0.2) is 11.6 Å². The molecule has 2 aliphatic heterocycles. The number of likely N-dealkylation sites (tertiary alicyclic amines) is 1. The number of fused-ring (bicyclic) bond motifs is 1. The summed E-state index contributed by atoms with van der Waals surface area (Å²) in [6.45, 7) is 8.60. The molecule has 5 rings (SSSR count). The smallest absolute Gasteiger partial charge is 0.410 e. The van der Waals surface area contributed by atoms with Crippen molar-refractivity contribution in [2.45, 2.75) is 32.8 Å². The Bertz CT molecular complexity index is 1260. The summed E-state index contributed by atoms with van der Waals surface area (Å²) >= 11 is 5.91. The lowest BCUT2D eigenvalue weighted by atomic mass is 9.79. The summed E-state index contributed by atoms with van der Waals surface area (Å²) < 4.78 is 19.9. The van der Waals surface area contributed by atoms with E-state index in [0.717, 1.165) is 25.3 Å². The van der Waals surface area contributed by atoms with E-state index in [0.29, 0.717) is 29.9 Å². The number of pyridine rings is 1. The van der Waals surface area contributed by atoms with E-state index in [9.17, 15) is 9.18 Å². The molecule has 178 valence electrons. The summed E-state index contributed by atoms with van der Waals surface area (Å²) in [5, 5.41) is 3.03. The fourth-order valence-electron chi connectivity index (χ4n) is 4.53. The summed E-state index contributed by atoms with van der Waals surface area (Å²) in [4.78, 5) is 29.7. The highest BCUT2D eigenvalue weighted by atomic mass is 35.5. The number of nitrogens with one attached hydrogen (secondary N) is 1. The molecule has 2 aliphatic rings. The number of aromatic nitrogens is 3. The predicted octanol–water partition coefficient (Wildman–Crippen LogP) is 5.01. The average molecular weight is 485 g/mol. The minimum atomic E-state index is -0.548. The van der Waals surface area contributed by atoms with Crippen LogP contribution < -0.4 is 10.2 Å². The molecule has 0 radical (unpaired) electrons. The first-order valence-electron chi connectivity index (χ1n) is 11.2. The van der Waals surface area contributed by atoms with Gasteiger partial charge in [-0.1, -0.05) is 17.7 Å². The van der Waals surface area contributed by atoms with E-state index in [-0.39, 0.29) is 22.2 Å². The van der Waals surface area contributed by atoms with Crippen molar-refractivity contribution in [3.63, 3.8) is 0 Å². The summed E-state index contributed by atoms with van der Waals surface area (Å²) in [6.07, 6.45) is 2.12. The maximum Gasteiger partial charge on any atom is 0.410 e. The largest absolute Gasteiger partial charge is 0.444 e. The maximum absolute atomic E-state index is 14.4. The molecule has 1 spiro atoms. The Morgan fingerprint density at radius 1 is 1.18 bits per heavy atom. The van der Waals surface area contributed by atoms with Crippen molar-refractivity contribution in [3.05, 3.63) is 47.5 Å². The van der Waals surface area contributed by atoms with Crippen LogP contribution in [0.15, 0.2) is 36.7 Å². The number of amides is 1. The molecule has 0 unspecified atom stereocenters. The number of rotatable bonds is 3. The van der Waals surface area contributed by atoms with Gasteiger partial charge < -0.3 is 19.9 Å². The summed E-state index contributed by atoms with van der Waals surface area (Å²) in [5.74, 6) is 0.652. The van der Waals surface area contributed by atoms with E-state index in [2.05, 4.69) is 20.2 Å². The van der Waals surface area contributed by atoms with E-state index < -0.39 is 11.4 Å². The molecular formula is C24H26ClFN6O2. The van der Waals surface area contributed by atoms with E-state index in [1.54, 1.807) is 17.0 Å². The van der Waals surface area contributed by atoms with Crippen LogP contribution in [0.2, 0.25) is 5.02 Å². The third-order valence-electron chi connectivity index (χ3n) is 6.14. The topological polar surface area (TPSA) is 83.5 Å². The Kier molecular flexibility index (Phi) is 5.47. The number of benzene rings is 1. The first-order valence-corrected chi connectivity index (χ1v) is 11.6. The minimum absolute atomic E-state index is 0.0281. The number of hydrogen-bond donors (Lipinski definition) is 1. The van der Waals surface area contributed by atoms with Gasteiger partial charge in [0, 0.05) is 31.6 Å². The normalized spacial score (nSPS) is 17.2. The molecule has 2 saturated heterocycles. The second-order valence-corrected chi connectivity index (χ2v) is 10.4. The molecule has 0 atom stereocenters. The SMILES string of the molecule is CC(C)(C)OC(=O)N1CC2(CCN(c3ccc4ncnc(Nc5cccc(Cl)c5F)c4n3)C2)C1. The minimum Gasteiger partial charge on any atom is -0.444 e. The lowest BCUT2D eigenvalue weighted by Crippen LogP contribution is -2.60. The molecular weight excluding hydrogens is 459 g/mol. The summed E-state index contributed by atoms with van der Waals surface area (Å²) in [5.41, 5.74) is 0.961. The monoisotopic (exact) mass is 484 g/mol. The summed E-state index contributed by atoms with van der Waals surface area (Å²) in [6, 6.07) is 8.57. The number of nitrogens with zero attached hydrogens (tertiary/aromatic N) is 5. The van der Waals surface area contributed by atoms with Gasteiger partial charge in [0.05, 0.1) is 16.2 Å². The van der Waals surface area contributed by atoms with Crippen molar-refractivity contribution >= 4 is 46.1 Å². The number of ether oxygens (including phenoxy) is 1. The van der Waals surface area contributed by atoms with Gasteiger partial charge in [-0.2, -0.15) is 0 Å². The van der Waals surface area contributed by atoms with Crippen LogP contribution in [0.25, 0.3) is 11.0 Å². The Morgan fingerprint density at radius 3 is 2.74 bits per heavy atom. The van der Waals surface area contributed by atoms with E-state index in [1.165, 1.54) is 12.4 Å². The fourth-order valence-corrected chi connectivity index (χ4v) is 4.71. The molecule has 2 aromatic heterocycles. The van der Waals surface area contributed by atoms with Crippen LogP contribution in [0, 0.1) is 11.2 Å². The Hall–Kier alpha value is -3.20. The number of anilines is 3. The van der Waals surface area contributed by atoms with Crippen LogP contribution in [-0.4, -0.2) is 57.7 Å². The van der Waals surface area contributed by atoms with Gasteiger partial charge >= 0.3 is 6.09 Å². The third kappa shape index (κ3) is 4.32. The first kappa shape index (κ1) is 22.6. The Morgan fingerprint density at radius 2 is 1.97 bits per heavy atom. The molecule has 1 amide bonds. The molecule has 3 aromatic rings. The van der Waals surface area contributed by atoms with Crippen molar-refractivity contribution in [2.24, 2.45) is 5.41 Å². The van der Waals surface area contributed by atoms with Gasteiger partial charge in [0.2, 0.25) is 0 Å². The molecule has 1 aromatic carbocycles. The van der Waals surface area contributed by atoms with E-state index in [1.807, 2.05) is 32.9 Å². The molecule has 0 aliphatic carbocycles. The van der Waals surface area contributed by atoms with Crippen molar-refractivity contribution in [1.29, 1.82) is 0 Å². The standard InChI is InChI=1S/C24H26ClFN6O2/c1-23(2,3)34-22(33)32-12-24(13-32)9-10-31(11-24)18-8-7-17-20(30-18)21(28-14-27-17)29-16-6-4-5-15(25)19(16)26/h4-8,14H,9-13H2,1-3H3,(H,27,28,29). The van der Waals surface area contributed by atoms with Crippen LogP contribution in [0.3, 0.4) is 0 Å².